The molecule has 0 unspecified atom stereocenters. The van der Waals surface area contributed by atoms with Gasteiger partial charge in [-0.2, -0.15) is 0 Å². The summed E-state index contributed by atoms with van der Waals surface area (Å²) in [4.78, 5) is 19.8. The molecule has 1 amide bonds. The van der Waals surface area contributed by atoms with Crippen molar-refractivity contribution in [2.75, 3.05) is 11.9 Å². The highest BCUT2D eigenvalue weighted by Crippen LogP contribution is 2.21. The van der Waals surface area contributed by atoms with E-state index < -0.39 is 23.4 Å². The first-order valence-electron chi connectivity index (χ1n) is 8.19. The molecule has 1 heterocycles. The summed E-state index contributed by atoms with van der Waals surface area (Å²) in [5, 5.41) is 5.08. The minimum atomic E-state index is -1.61. The lowest BCUT2D eigenvalue weighted by molar-refractivity contribution is 0.0953. The number of aromatic nitrogens is 2. The van der Waals surface area contributed by atoms with E-state index in [2.05, 4.69) is 20.6 Å². The highest BCUT2D eigenvalue weighted by molar-refractivity contribution is 5.93. The van der Waals surface area contributed by atoms with Gasteiger partial charge in [-0.3, -0.25) is 4.79 Å². The topological polar surface area (TPSA) is 66.9 Å². The Morgan fingerprint density at radius 3 is 2.25 bits per heavy atom. The minimum Gasteiger partial charge on any atom is -0.352 e. The van der Waals surface area contributed by atoms with Crippen molar-refractivity contribution in [1.82, 2.24) is 15.3 Å². The standard InChI is InChI=1S/C19H14F4N4O/c20-13-3-1-11(2-4-13)7-8-24-18(28)12-9-25-19(26-10-12)27-15-6-5-14(21)16(22)17(15)23/h1-6,9-10H,7-8H2,(H,24,28)(H,25,26,27). The summed E-state index contributed by atoms with van der Waals surface area (Å²) in [5.74, 6) is -5.16. The molecule has 0 bridgehead atoms. The van der Waals surface area contributed by atoms with Crippen molar-refractivity contribution in [3.63, 3.8) is 0 Å². The maximum absolute atomic E-state index is 13.6. The molecule has 1 aromatic heterocycles. The van der Waals surface area contributed by atoms with Gasteiger partial charge >= 0.3 is 0 Å². The Labute approximate surface area is 157 Å². The predicted molar refractivity (Wildman–Crippen MR) is 94.1 cm³/mol. The van der Waals surface area contributed by atoms with Crippen LogP contribution in [0.3, 0.4) is 0 Å². The van der Waals surface area contributed by atoms with Gasteiger partial charge in [0.2, 0.25) is 5.95 Å². The van der Waals surface area contributed by atoms with Gasteiger partial charge in [-0.05, 0) is 36.2 Å². The van der Waals surface area contributed by atoms with Crippen LogP contribution in [0.15, 0.2) is 48.8 Å². The van der Waals surface area contributed by atoms with Gasteiger partial charge in [-0.15, -0.1) is 0 Å². The Morgan fingerprint density at radius 2 is 1.57 bits per heavy atom. The number of carbonyl (C=O) groups is 1. The van der Waals surface area contributed by atoms with Crippen molar-refractivity contribution >= 4 is 17.5 Å². The smallest absolute Gasteiger partial charge is 0.254 e. The monoisotopic (exact) mass is 390 g/mol. The number of carbonyl (C=O) groups excluding carboxylic acids is 1. The van der Waals surface area contributed by atoms with Gasteiger partial charge in [-0.25, -0.2) is 27.5 Å². The van der Waals surface area contributed by atoms with Gasteiger partial charge < -0.3 is 10.6 Å². The van der Waals surface area contributed by atoms with Crippen LogP contribution in [-0.4, -0.2) is 22.4 Å². The largest absolute Gasteiger partial charge is 0.352 e. The lowest BCUT2D eigenvalue weighted by Gasteiger charge is -2.08. The Balaban J connectivity index is 1.57. The summed E-state index contributed by atoms with van der Waals surface area (Å²) in [6, 6.07) is 7.71. The third kappa shape index (κ3) is 4.61. The van der Waals surface area contributed by atoms with Crippen LogP contribution in [0.5, 0.6) is 0 Å². The molecule has 3 rings (SSSR count). The highest BCUT2D eigenvalue weighted by atomic mass is 19.2. The molecule has 0 saturated heterocycles. The predicted octanol–water partition coefficient (Wildman–Crippen LogP) is 3.75. The molecule has 2 aromatic carbocycles. The molecule has 0 saturated carbocycles. The molecular formula is C19H14F4N4O. The molecule has 0 atom stereocenters. The molecule has 2 N–H and O–H groups in total. The van der Waals surface area contributed by atoms with Crippen molar-refractivity contribution in [3.8, 4) is 0 Å². The van der Waals surface area contributed by atoms with E-state index >= 15 is 0 Å². The first kappa shape index (κ1) is 19.3. The number of benzene rings is 2. The molecule has 3 aromatic rings. The number of anilines is 2. The molecule has 0 aliphatic rings. The van der Waals surface area contributed by atoms with Crippen molar-refractivity contribution in [2.24, 2.45) is 0 Å². The summed E-state index contributed by atoms with van der Waals surface area (Å²) >= 11 is 0. The van der Waals surface area contributed by atoms with E-state index in [0.717, 1.165) is 17.7 Å². The third-order valence-corrected chi connectivity index (χ3v) is 3.81. The number of nitrogens with one attached hydrogen (secondary N) is 2. The Morgan fingerprint density at radius 1 is 0.893 bits per heavy atom. The molecule has 9 heteroatoms. The summed E-state index contributed by atoms with van der Waals surface area (Å²) in [6.45, 7) is 0.324. The van der Waals surface area contributed by atoms with Crippen molar-refractivity contribution in [2.45, 2.75) is 6.42 Å². The first-order valence-corrected chi connectivity index (χ1v) is 8.19. The van der Waals surface area contributed by atoms with Gasteiger partial charge in [0.1, 0.15) is 5.82 Å². The average molecular weight is 390 g/mol. The first-order chi connectivity index (χ1) is 13.4. The fourth-order valence-electron chi connectivity index (χ4n) is 2.33. The second kappa shape index (κ2) is 8.47. The van der Waals surface area contributed by atoms with E-state index in [-0.39, 0.29) is 23.0 Å². The van der Waals surface area contributed by atoms with E-state index in [1.54, 1.807) is 12.1 Å². The van der Waals surface area contributed by atoms with Crippen LogP contribution >= 0.6 is 0 Å². The van der Waals surface area contributed by atoms with Crippen LogP contribution in [0.2, 0.25) is 0 Å². The molecule has 28 heavy (non-hydrogen) atoms. The van der Waals surface area contributed by atoms with Gasteiger partial charge in [0.25, 0.3) is 5.91 Å². The third-order valence-electron chi connectivity index (χ3n) is 3.81. The summed E-state index contributed by atoms with van der Waals surface area (Å²) in [5.41, 5.74) is 0.692. The minimum absolute atomic E-state index is 0.0900. The van der Waals surface area contributed by atoms with Crippen molar-refractivity contribution < 1.29 is 22.4 Å². The second-order valence-corrected chi connectivity index (χ2v) is 5.78. The molecular weight excluding hydrogens is 376 g/mol. The quantitative estimate of drug-likeness (QED) is 0.497. The lowest BCUT2D eigenvalue weighted by Crippen LogP contribution is -2.26. The lowest BCUT2D eigenvalue weighted by atomic mass is 10.1. The second-order valence-electron chi connectivity index (χ2n) is 5.78. The molecule has 0 aliphatic carbocycles. The zero-order valence-electron chi connectivity index (χ0n) is 14.3. The number of hydrogen-bond acceptors (Lipinski definition) is 4. The maximum atomic E-state index is 13.6. The van der Waals surface area contributed by atoms with Gasteiger partial charge in [0, 0.05) is 18.9 Å². The zero-order chi connectivity index (χ0) is 20.1. The van der Waals surface area contributed by atoms with Crippen LogP contribution in [0, 0.1) is 23.3 Å². The maximum Gasteiger partial charge on any atom is 0.254 e. The number of rotatable bonds is 6. The van der Waals surface area contributed by atoms with E-state index in [4.69, 9.17) is 0 Å². The summed E-state index contributed by atoms with van der Waals surface area (Å²) in [6.07, 6.45) is 2.93. The van der Waals surface area contributed by atoms with E-state index in [1.165, 1.54) is 24.5 Å². The van der Waals surface area contributed by atoms with Gasteiger partial charge in [0.15, 0.2) is 17.5 Å². The van der Waals surface area contributed by atoms with Gasteiger partial charge in [-0.1, -0.05) is 12.1 Å². The number of hydrogen-bond donors (Lipinski definition) is 2. The fraction of sp³-hybridized carbons (Fsp3) is 0.105. The van der Waals surface area contributed by atoms with Crippen LogP contribution < -0.4 is 10.6 Å². The Kier molecular flexibility index (Phi) is 5.83. The van der Waals surface area contributed by atoms with E-state index in [9.17, 15) is 22.4 Å². The van der Waals surface area contributed by atoms with Gasteiger partial charge in [0.05, 0.1) is 11.3 Å². The molecule has 0 spiro atoms. The Bertz CT molecular complexity index is 978. The van der Waals surface area contributed by atoms with Crippen LogP contribution in [0.1, 0.15) is 15.9 Å². The van der Waals surface area contributed by atoms with Crippen molar-refractivity contribution in [1.29, 1.82) is 0 Å². The summed E-state index contributed by atoms with van der Waals surface area (Å²) in [7, 11) is 0. The normalized spacial score (nSPS) is 10.6. The van der Waals surface area contributed by atoms with E-state index in [1.807, 2.05) is 0 Å². The molecule has 0 aliphatic heterocycles. The Hall–Kier alpha value is -3.49. The molecule has 0 fully saturated rings. The average Bonchev–Trinajstić information content (AvgIpc) is 2.70. The molecule has 5 nitrogen and oxygen atoms in total. The number of nitrogens with zero attached hydrogens (tertiary/aromatic N) is 2. The summed E-state index contributed by atoms with van der Waals surface area (Å²) < 4.78 is 52.6. The van der Waals surface area contributed by atoms with Crippen LogP contribution in [0.4, 0.5) is 29.2 Å². The molecule has 0 radical (unpaired) electrons. The number of amides is 1. The van der Waals surface area contributed by atoms with E-state index in [0.29, 0.717) is 13.0 Å². The SMILES string of the molecule is O=C(NCCc1ccc(F)cc1)c1cnc(Nc2ccc(F)c(F)c2F)nc1. The van der Waals surface area contributed by atoms with Crippen molar-refractivity contribution in [3.05, 3.63) is 83.2 Å². The highest BCUT2D eigenvalue weighted by Gasteiger charge is 2.14. The van der Waals surface area contributed by atoms with Crippen LogP contribution in [-0.2, 0) is 6.42 Å². The number of halogens is 4. The van der Waals surface area contributed by atoms with Crippen LogP contribution in [0.25, 0.3) is 0 Å². The fourth-order valence-corrected chi connectivity index (χ4v) is 2.33. The molecule has 144 valence electrons. The zero-order valence-corrected chi connectivity index (χ0v) is 14.3.